The molecular formula is C16H20. The van der Waals surface area contributed by atoms with Gasteiger partial charge in [-0.1, -0.05) is 27.7 Å². The van der Waals surface area contributed by atoms with Gasteiger partial charge in [0.05, 0.1) is 0 Å². The van der Waals surface area contributed by atoms with Crippen LogP contribution < -0.4 is 0 Å². The highest BCUT2D eigenvalue weighted by atomic mass is 14.5. The van der Waals surface area contributed by atoms with Crippen molar-refractivity contribution >= 4 is 0 Å². The van der Waals surface area contributed by atoms with Crippen LogP contribution in [0.5, 0.6) is 0 Å². The molecule has 2 aliphatic rings. The molecule has 0 saturated heterocycles. The van der Waals surface area contributed by atoms with Crippen LogP contribution >= 0.6 is 0 Å². The largest absolute Gasteiger partial charge is 0.0588 e. The Morgan fingerprint density at radius 2 is 0.812 bits per heavy atom. The van der Waals surface area contributed by atoms with Crippen LogP contribution in [0.2, 0.25) is 0 Å². The van der Waals surface area contributed by atoms with Gasteiger partial charge in [0.1, 0.15) is 0 Å². The van der Waals surface area contributed by atoms with Crippen molar-refractivity contribution in [3.63, 3.8) is 0 Å². The van der Waals surface area contributed by atoms with Gasteiger partial charge in [-0.3, -0.25) is 0 Å². The second-order valence-electron chi connectivity index (χ2n) is 5.60. The van der Waals surface area contributed by atoms with Crippen molar-refractivity contribution in [1.29, 1.82) is 0 Å². The van der Waals surface area contributed by atoms with Crippen LogP contribution in [0.4, 0.5) is 0 Å². The molecule has 16 heavy (non-hydrogen) atoms. The lowest BCUT2D eigenvalue weighted by Crippen LogP contribution is -2.41. The van der Waals surface area contributed by atoms with Crippen LogP contribution in [0.1, 0.15) is 27.7 Å². The molecule has 0 aliphatic heterocycles. The lowest BCUT2D eigenvalue weighted by molar-refractivity contribution is 0.161. The maximum Gasteiger partial charge on any atom is -0.0105 e. The van der Waals surface area contributed by atoms with Gasteiger partial charge in [-0.05, 0) is 74.0 Å². The van der Waals surface area contributed by atoms with Gasteiger partial charge in [-0.15, -0.1) is 0 Å². The number of hydrogen-bond acceptors (Lipinski definition) is 0. The molecule has 2 fully saturated rings. The summed E-state index contributed by atoms with van der Waals surface area (Å²) in [5.41, 5.74) is 0.287. The van der Waals surface area contributed by atoms with Gasteiger partial charge in [-0.2, -0.15) is 0 Å². The van der Waals surface area contributed by atoms with Crippen molar-refractivity contribution < 1.29 is 0 Å². The van der Waals surface area contributed by atoms with Gasteiger partial charge in [0.15, 0.2) is 0 Å². The minimum atomic E-state index is 0.144. The zero-order chi connectivity index (χ0) is 11.8. The summed E-state index contributed by atoms with van der Waals surface area (Å²) in [6.07, 6.45) is 17.4. The minimum Gasteiger partial charge on any atom is -0.0588 e. The lowest BCUT2D eigenvalue weighted by Gasteiger charge is -2.49. The first-order valence-corrected chi connectivity index (χ1v) is 5.90. The summed E-state index contributed by atoms with van der Waals surface area (Å²) in [7, 11) is 0. The van der Waals surface area contributed by atoms with Crippen LogP contribution in [0.3, 0.4) is 0 Å². The van der Waals surface area contributed by atoms with E-state index in [1.807, 2.05) is 0 Å². The highest BCUT2D eigenvalue weighted by molar-refractivity contribution is 5.46. The Kier molecular flexibility index (Phi) is 3.39. The fraction of sp³-hybridized carbons (Fsp3) is 0.375. The molecule has 0 bridgehead atoms. The molecule has 0 aromatic carbocycles. The highest BCUT2D eigenvalue weighted by Gasteiger charge is 2.49. The summed E-state index contributed by atoms with van der Waals surface area (Å²) in [6.45, 7) is 9.31. The fourth-order valence-electron chi connectivity index (χ4n) is 2.30. The summed E-state index contributed by atoms with van der Waals surface area (Å²) in [4.78, 5) is 0. The molecule has 2 aliphatic carbocycles. The van der Waals surface area contributed by atoms with E-state index in [1.54, 1.807) is 0 Å². The van der Waals surface area contributed by atoms with Gasteiger partial charge in [-0.25, -0.2) is 0 Å². The Hall–Kier alpha value is 0. The second kappa shape index (κ2) is 4.35. The van der Waals surface area contributed by atoms with Crippen LogP contribution in [0.25, 0.3) is 0 Å². The third-order valence-corrected chi connectivity index (χ3v) is 4.33. The minimum absolute atomic E-state index is 0.144. The monoisotopic (exact) mass is 212 g/mol. The smallest absolute Gasteiger partial charge is 0.0105 e. The Balaban J connectivity index is 2.12. The van der Waals surface area contributed by atoms with Crippen molar-refractivity contribution in [3.8, 4) is 0 Å². The summed E-state index contributed by atoms with van der Waals surface area (Å²) >= 11 is 0. The van der Waals surface area contributed by atoms with E-state index in [4.69, 9.17) is 0 Å². The summed E-state index contributed by atoms with van der Waals surface area (Å²) in [6, 6.07) is 0. The molecule has 84 valence electrons. The molecule has 0 N–H and O–H groups in total. The van der Waals surface area contributed by atoms with Crippen molar-refractivity contribution in [2.24, 2.45) is 10.8 Å². The third-order valence-electron chi connectivity index (χ3n) is 4.33. The normalized spacial score (nSPS) is 25.5. The zero-order valence-electron chi connectivity index (χ0n) is 10.6. The predicted molar refractivity (Wildman–Crippen MR) is 68.4 cm³/mol. The molecule has 0 nitrogen and oxygen atoms in total. The molecule has 0 atom stereocenters. The Bertz CT molecular complexity index is 198. The first kappa shape index (κ1) is 12.5. The molecule has 0 spiro atoms. The molecule has 0 heterocycles. The van der Waals surface area contributed by atoms with Crippen molar-refractivity contribution in [2.75, 3.05) is 0 Å². The van der Waals surface area contributed by atoms with Gasteiger partial charge < -0.3 is 0 Å². The Morgan fingerprint density at radius 3 is 1.06 bits per heavy atom. The van der Waals surface area contributed by atoms with Gasteiger partial charge in [0, 0.05) is 0 Å². The number of rotatable bonds is 3. The fourth-order valence-corrected chi connectivity index (χ4v) is 2.30. The Morgan fingerprint density at radius 1 is 0.562 bits per heavy atom. The highest BCUT2D eigenvalue weighted by Crippen LogP contribution is 2.57. The van der Waals surface area contributed by atoms with Crippen LogP contribution in [-0.4, -0.2) is 0 Å². The summed E-state index contributed by atoms with van der Waals surface area (Å²) in [5.74, 6) is 2.83. The maximum atomic E-state index is 2.33. The van der Waals surface area contributed by atoms with Crippen LogP contribution in [0.15, 0.2) is 0 Å². The molecule has 0 amide bonds. The van der Waals surface area contributed by atoms with Crippen LogP contribution in [-0.2, 0) is 0 Å². The lowest BCUT2D eigenvalue weighted by atomic mass is 9.55. The number of hydrogen-bond donors (Lipinski definition) is 0. The second-order valence-corrected chi connectivity index (χ2v) is 5.60. The van der Waals surface area contributed by atoms with Crippen LogP contribution in [0, 0.1) is 74.0 Å². The summed E-state index contributed by atoms with van der Waals surface area (Å²) < 4.78 is 0. The van der Waals surface area contributed by atoms with E-state index in [0.717, 1.165) is 0 Å². The van der Waals surface area contributed by atoms with Gasteiger partial charge in [0.2, 0.25) is 0 Å². The van der Waals surface area contributed by atoms with E-state index in [0.29, 0.717) is 0 Å². The first-order chi connectivity index (χ1) is 7.46. The first-order valence-electron chi connectivity index (χ1n) is 5.90. The zero-order valence-corrected chi connectivity index (χ0v) is 10.6. The maximum absolute atomic E-state index is 2.33. The summed E-state index contributed by atoms with van der Waals surface area (Å²) in [5, 5.41) is 0. The molecule has 0 unspecified atom stereocenters. The SMILES string of the molecule is CC(C)([C]1[CH][CH][CH][CH]1)C(C)(C)[C]1[CH][CH][CH][CH]1. The van der Waals surface area contributed by atoms with E-state index >= 15 is 0 Å². The van der Waals surface area contributed by atoms with E-state index < -0.39 is 0 Å². The van der Waals surface area contributed by atoms with E-state index in [9.17, 15) is 0 Å². The average Bonchev–Trinajstić information content (AvgIpc) is 2.91. The van der Waals surface area contributed by atoms with Crippen molar-refractivity contribution in [2.45, 2.75) is 27.7 Å². The molecule has 0 heteroatoms. The molecular weight excluding hydrogens is 192 g/mol. The van der Waals surface area contributed by atoms with E-state index in [1.165, 1.54) is 11.8 Å². The standard InChI is InChI=1S/C16H20/c1-15(2,13-9-5-6-10-13)16(3,4)14-11-7-8-12-14/h5-12H,1-4H3. The van der Waals surface area contributed by atoms with Gasteiger partial charge >= 0.3 is 0 Å². The average molecular weight is 212 g/mol. The quantitative estimate of drug-likeness (QED) is 0.666. The molecule has 0 aromatic rings. The van der Waals surface area contributed by atoms with E-state index in [-0.39, 0.29) is 10.8 Å². The predicted octanol–water partition coefficient (Wildman–Crippen LogP) is 3.85. The van der Waals surface area contributed by atoms with Crippen molar-refractivity contribution in [1.82, 2.24) is 0 Å². The van der Waals surface area contributed by atoms with E-state index in [2.05, 4.69) is 79.1 Å². The molecule has 0 aromatic heterocycles. The molecule has 2 saturated carbocycles. The Labute approximate surface area is 102 Å². The van der Waals surface area contributed by atoms with Crippen molar-refractivity contribution in [3.05, 3.63) is 63.2 Å². The van der Waals surface area contributed by atoms with Gasteiger partial charge in [0.25, 0.3) is 0 Å². The molecule has 2 rings (SSSR count). The molecule has 10 radical (unpaired) electrons. The topological polar surface area (TPSA) is 0 Å². The third kappa shape index (κ3) is 1.93.